The van der Waals surface area contributed by atoms with Crippen molar-refractivity contribution < 1.29 is 9.47 Å². The summed E-state index contributed by atoms with van der Waals surface area (Å²) in [6.45, 7) is 4.72. The van der Waals surface area contributed by atoms with Crippen molar-refractivity contribution in [3.63, 3.8) is 0 Å². The fourth-order valence-corrected chi connectivity index (χ4v) is 1.85. The van der Waals surface area contributed by atoms with Gasteiger partial charge in [0.05, 0.1) is 12.7 Å². The summed E-state index contributed by atoms with van der Waals surface area (Å²) in [6.07, 6.45) is 0.622. The van der Waals surface area contributed by atoms with Gasteiger partial charge in [-0.2, -0.15) is 4.98 Å². The third kappa shape index (κ3) is 3.82. The van der Waals surface area contributed by atoms with Crippen molar-refractivity contribution in [2.45, 2.75) is 26.8 Å². The highest BCUT2D eigenvalue weighted by Gasteiger charge is 2.09. The lowest BCUT2D eigenvalue weighted by Crippen LogP contribution is -2.10. The van der Waals surface area contributed by atoms with Crippen molar-refractivity contribution in [3.8, 4) is 17.4 Å². The van der Waals surface area contributed by atoms with Crippen molar-refractivity contribution in [1.29, 1.82) is 0 Å². The first kappa shape index (κ1) is 15.1. The summed E-state index contributed by atoms with van der Waals surface area (Å²) in [7, 11) is 0. The molecule has 0 saturated carbocycles. The summed E-state index contributed by atoms with van der Waals surface area (Å²) in [4.78, 5) is 18.4. The van der Waals surface area contributed by atoms with Gasteiger partial charge in [-0.1, -0.05) is 13.0 Å². The van der Waals surface area contributed by atoms with E-state index in [1.54, 1.807) is 6.07 Å². The van der Waals surface area contributed by atoms with Crippen LogP contribution in [0.3, 0.4) is 0 Å². The van der Waals surface area contributed by atoms with E-state index in [1.807, 2.05) is 26.0 Å². The van der Waals surface area contributed by atoms with Crippen LogP contribution in [0.5, 0.6) is 17.4 Å². The van der Waals surface area contributed by atoms with Gasteiger partial charge < -0.3 is 20.2 Å². The van der Waals surface area contributed by atoms with Crippen molar-refractivity contribution in [2.75, 3.05) is 6.61 Å². The molecule has 0 fully saturated rings. The van der Waals surface area contributed by atoms with E-state index in [1.165, 1.54) is 6.07 Å². The lowest BCUT2D eigenvalue weighted by atomic mass is 10.2. The highest BCUT2D eigenvalue weighted by atomic mass is 16.5. The fraction of sp³-hybridized carbons (Fsp3) is 0.333. The number of H-pyrrole nitrogens is 1. The van der Waals surface area contributed by atoms with Gasteiger partial charge in [0.25, 0.3) is 5.56 Å². The van der Waals surface area contributed by atoms with Gasteiger partial charge in [0.2, 0.25) is 5.88 Å². The highest BCUT2D eigenvalue weighted by Crippen LogP contribution is 2.31. The minimum atomic E-state index is -0.242. The number of hydrogen-bond acceptors (Lipinski definition) is 5. The first-order valence-electron chi connectivity index (χ1n) is 6.90. The number of nitrogens with one attached hydrogen (secondary N) is 1. The number of nitrogens with zero attached hydrogens (tertiary/aromatic N) is 1. The second-order valence-corrected chi connectivity index (χ2v) is 4.40. The van der Waals surface area contributed by atoms with E-state index in [0.717, 1.165) is 5.56 Å². The molecule has 1 heterocycles. The maximum Gasteiger partial charge on any atom is 0.254 e. The molecular formula is C15H19N3O3. The Labute approximate surface area is 122 Å². The van der Waals surface area contributed by atoms with Crippen LogP contribution in [0.4, 0.5) is 0 Å². The molecule has 2 aromatic rings. The predicted molar refractivity (Wildman–Crippen MR) is 79.8 cm³/mol. The van der Waals surface area contributed by atoms with E-state index in [0.29, 0.717) is 36.9 Å². The molecule has 1 aromatic carbocycles. The number of nitrogens with two attached hydrogens (primary N) is 1. The van der Waals surface area contributed by atoms with Gasteiger partial charge in [0.1, 0.15) is 5.82 Å². The van der Waals surface area contributed by atoms with E-state index >= 15 is 0 Å². The molecule has 0 atom stereocenters. The topological polar surface area (TPSA) is 90.2 Å². The second-order valence-electron chi connectivity index (χ2n) is 4.40. The summed E-state index contributed by atoms with van der Waals surface area (Å²) in [5.74, 6) is 1.92. The van der Waals surface area contributed by atoms with Crippen molar-refractivity contribution in [1.82, 2.24) is 9.97 Å². The van der Waals surface area contributed by atoms with E-state index in [-0.39, 0.29) is 11.4 Å². The minimum absolute atomic E-state index is 0.242. The standard InChI is InChI=1S/C15H19N3O3/c1-3-13-17-14(19)8-15(18-13)21-11-6-5-10(9-16)7-12(11)20-4-2/h5-8H,3-4,9,16H2,1-2H3,(H,17,18,19). The van der Waals surface area contributed by atoms with Gasteiger partial charge in [-0.05, 0) is 24.6 Å². The summed E-state index contributed by atoms with van der Waals surface area (Å²) in [5.41, 5.74) is 6.32. The van der Waals surface area contributed by atoms with Crippen LogP contribution < -0.4 is 20.8 Å². The average molecular weight is 289 g/mol. The Morgan fingerprint density at radius 2 is 2.05 bits per heavy atom. The van der Waals surface area contributed by atoms with Crippen molar-refractivity contribution in [2.24, 2.45) is 5.73 Å². The van der Waals surface area contributed by atoms with E-state index in [4.69, 9.17) is 15.2 Å². The Kier molecular flexibility index (Phi) is 4.94. The predicted octanol–water partition coefficient (Wildman–Crippen LogP) is 1.98. The molecule has 0 aliphatic heterocycles. The van der Waals surface area contributed by atoms with Crippen molar-refractivity contribution in [3.05, 3.63) is 46.0 Å². The van der Waals surface area contributed by atoms with Crippen LogP contribution in [-0.4, -0.2) is 16.6 Å². The number of rotatable bonds is 6. The number of aromatic nitrogens is 2. The molecule has 0 amide bonds. The summed E-state index contributed by atoms with van der Waals surface area (Å²) < 4.78 is 11.2. The monoisotopic (exact) mass is 289 g/mol. The number of aromatic amines is 1. The van der Waals surface area contributed by atoms with E-state index in [2.05, 4.69) is 9.97 Å². The zero-order chi connectivity index (χ0) is 15.2. The molecule has 2 rings (SSSR count). The third-order valence-corrected chi connectivity index (χ3v) is 2.86. The molecule has 0 aliphatic carbocycles. The van der Waals surface area contributed by atoms with Gasteiger partial charge in [-0.3, -0.25) is 4.79 Å². The molecule has 0 bridgehead atoms. The molecule has 0 spiro atoms. The minimum Gasteiger partial charge on any atom is -0.490 e. The van der Waals surface area contributed by atoms with Crippen LogP contribution in [0.25, 0.3) is 0 Å². The molecule has 3 N–H and O–H groups in total. The maximum absolute atomic E-state index is 11.5. The third-order valence-electron chi connectivity index (χ3n) is 2.86. The molecule has 0 unspecified atom stereocenters. The van der Waals surface area contributed by atoms with Gasteiger partial charge >= 0.3 is 0 Å². The zero-order valence-corrected chi connectivity index (χ0v) is 12.2. The van der Waals surface area contributed by atoms with Crippen LogP contribution >= 0.6 is 0 Å². The Morgan fingerprint density at radius 3 is 2.71 bits per heavy atom. The van der Waals surface area contributed by atoms with Gasteiger partial charge in [-0.15, -0.1) is 0 Å². The van der Waals surface area contributed by atoms with E-state index in [9.17, 15) is 4.79 Å². The van der Waals surface area contributed by atoms with Crippen LogP contribution in [0.1, 0.15) is 25.2 Å². The molecule has 112 valence electrons. The summed E-state index contributed by atoms with van der Waals surface area (Å²) >= 11 is 0. The van der Waals surface area contributed by atoms with Gasteiger partial charge in [-0.25, -0.2) is 0 Å². The molecule has 0 aliphatic rings. The molecule has 0 radical (unpaired) electrons. The van der Waals surface area contributed by atoms with Gasteiger partial charge in [0.15, 0.2) is 11.5 Å². The van der Waals surface area contributed by atoms with Crippen LogP contribution in [0, 0.1) is 0 Å². The second kappa shape index (κ2) is 6.90. The Hall–Kier alpha value is -2.34. The number of ether oxygens (including phenoxy) is 2. The first-order chi connectivity index (χ1) is 10.2. The van der Waals surface area contributed by atoms with E-state index < -0.39 is 0 Å². The molecule has 0 saturated heterocycles. The molecule has 6 nitrogen and oxygen atoms in total. The molecule has 21 heavy (non-hydrogen) atoms. The summed E-state index contributed by atoms with van der Waals surface area (Å²) in [5, 5.41) is 0. The average Bonchev–Trinajstić information content (AvgIpc) is 2.48. The van der Waals surface area contributed by atoms with Crippen LogP contribution in [0.15, 0.2) is 29.1 Å². The lowest BCUT2D eigenvalue weighted by Gasteiger charge is -2.12. The number of aryl methyl sites for hydroxylation is 1. The smallest absolute Gasteiger partial charge is 0.254 e. The van der Waals surface area contributed by atoms with Crippen molar-refractivity contribution >= 4 is 0 Å². The lowest BCUT2D eigenvalue weighted by molar-refractivity contribution is 0.318. The van der Waals surface area contributed by atoms with Crippen LogP contribution in [0.2, 0.25) is 0 Å². The maximum atomic E-state index is 11.5. The molecule has 1 aromatic heterocycles. The Bertz CT molecular complexity index is 667. The summed E-state index contributed by atoms with van der Waals surface area (Å²) in [6, 6.07) is 6.76. The SMILES string of the molecule is CCOc1cc(CN)ccc1Oc1cc(=O)[nH]c(CC)n1. The number of hydrogen-bond donors (Lipinski definition) is 2. The largest absolute Gasteiger partial charge is 0.490 e. The van der Waals surface area contributed by atoms with Crippen LogP contribution in [-0.2, 0) is 13.0 Å². The Morgan fingerprint density at radius 1 is 1.24 bits per heavy atom. The van der Waals surface area contributed by atoms with Gasteiger partial charge in [0, 0.05) is 13.0 Å². The fourth-order valence-electron chi connectivity index (χ4n) is 1.85. The molecular weight excluding hydrogens is 270 g/mol. The highest BCUT2D eigenvalue weighted by molar-refractivity contribution is 5.44. The Balaban J connectivity index is 2.34. The first-order valence-corrected chi connectivity index (χ1v) is 6.90. The molecule has 6 heteroatoms. The number of benzene rings is 1. The quantitative estimate of drug-likeness (QED) is 0.848. The normalized spacial score (nSPS) is 10.4. The zero-order valence-electron chi connectivity index (χ0n) is 12.2.